The zero-order chi connectivity index (χ0) is 14.1. The monoisotopic (exact) mass is 269 g/mol. The highest BCUT2D eigenvalue weighted by Crippen LogP contribution is 2.33. The number of aromatic nitrogens is 4. The minimum Gasteiger partial charge on any atom is -0.346 e. The van der Waals surface area contributed by atoms with Crippen LogP contribution in [0.4, 0.5) is 5.82 Å². The zero-order valence-corrected chi connectivity index (χ0v) is 12.2. The second-order valence-corrected chi connectivity index (χ2v) is 5.38. The fourth-order valence-corrected chi connectivity index (χ4v) is 2.81. The Morgan fingerprint density at radius 2 is 1.75 bits per heavy atom. The van der Waals surface area contributed by atoms with Crippen LogP contribution in [0, 0.1) is 20.8 Å². The van der Waals surface area contributed by atoms with Crippen molar-refractivity contribution in [3.8, 4) is 0 Å². The molecule has 0 bridgehead atoms. The first-order chi connectivity index (χ1) is 9.63. The third-order valence-corrected chi connectivity index (χ3v) is 3.63. The first-order valence-electron chi connectivity index (χ1n) is 7.01. The summed E-state index contributed by atoms with van der Waals surface area (Å²) in [5, 5.41) is 0. The zero-order valence-electron chi connectivity index (χ0n) is 12.2. The van der Waals surface area contributed by atoms with E-state index in [2.05, 4.69) is 24.8 Å². The van der Waals surface area contributed by atoms with Gasteiger partial charge < -0.3 is 4.90 Å². The van der Waals surface area contributed by atoms with Gasteiger partial charge in [0.2, 0.25) is 0 Å². The number of hydrogen-bond donors (Lipinski definition) is 0. The van der Waals surface area contributed by atoms with Crippen molar-refractivity contribution in [3.05, 3.63) is 41.4 Å². The fraction of sp³-hybridized carbons (Fsp3) is 0.467. The van der Waals surface area contributed by atoms with E-state index in [4.69, 9.17) is 0 Å². The average molecular weight is 269 g/mol. The van der Waals surface area contributed by atoms with Crippen LogP contribution in [0.3, 0.4) is 0 Å². The van der Waals surface area contributed by atoms with Crippen molar-refractivity contribution in [1.29, 1.82) is 0 Å². The number of hydrogen-bond acceptors (Lipinski definition) is 5. The molecule has 20 heavy (non-hydrogen) atoms. The van der Waals surface area contributed by atoms with E-state index in [0.29, 0.717) is 0 Å². The molecule has 0 spiro atoms. The van der Waals surface area contributed by atoms with Gasteiger partial charge in [-0.25, -0.2) is 19.9 Å². The Morgan fingerprint density at radius 1 is 1.00 bits per heavy atom. The second-order valence-electron chi connectivity index (χ2n) is 5.38. The van der Waals surface area contributed by atoms with Crippen LogP contribution in [0.25, 0.3) is 0 Å². The first-order valence-corrected chi connectivity index (χ1v) is 7.01. The quantitative estimate of drug-likeness (QED) is 0.838. The van der Waals surface area contributed by atoms with E-state index >= 15 is 0 Å². The first kappa shape index (κ1) is 13.0. The number of nitrogens with zero attached hydrogens (tertiary/aromatic N) is 5. The SMILES string of the molecule is Cc1cc(N2CCC[C@@H]2c2nc(C)cc(C)n2)ncn1. The summed E-state index contributed by atoms with van der Waals surface area (Å²) >= 11 is 0. The van der Waals surface area contributed by atoms with Gasteiger partial charge in [0, 0.05) is 29.7 Å². The van der Waals surface area contributed by atoms with Crippen molar-refractivity contribution in [2.24, 2.45) is 0 Å². The van der Waals surface area contributed by atoms with Gasteiger partial charge in [-0.05, 0) is 39.7 Å². The van der Waals surface area contributed by atoms with Crippen LogP contribution < -0.4 is 4.90 Å². The summed E-state index contributed by atoms with van der Waals surface area (Å²) in [5.41, 5.74) is 3.04. The molecule has 3 rings (SSSR count). The van der Waals surface area contributed by atoms with Crippen LogP contribution in [0.5, 0.6) is 0 Å². The molecule has 1 fully saturated rings. The number of rotatable bonds is 2. The summed E-state index contributed by atoms with van der Waals surface area (Å²) in [6, 6.07) is 4.27. The van der Waals surface area contributed by atoms with Gasteiger partial charge in [-0.15, -0.1) is 0 Å². The molecular formula is C15H19N5. The van der Waals surface area contributed by atoms with E-state index in [1.807, 2.05) is 32.9 Å². The van der Waals surface area contributed by atoms with Gasteiger partial charge in [0.05, 0.1) is 6.04 Å². The van der Waals surface area contributed by atoms with E-state index in [0.717, 1.165) is 48.1 Å². The molecule has 1 saturated heterocycles. The standard InChI is InChI=1S/C15H19N5/c1-10-8-14(17-9-16-10)20-6-4-5-13(20)15-18-11(2)7-12(3)19-15/h7-9,13H,4-6H2,1-3H3/t13-/m1/s1. The normalized spacial score (nSPS) is 18.6. The van der Waals surface area contributed by atoms with Gasteiger partial charge in [-0.3, -0.25) is 0 Å². The average Bonchev–Trinajstić information content (AvgIpc) is 2.86. The van der Waals surface area contributed by atoms with Gasteiger partial charge in [-0.1, -0.05) is 0 Å². The van der Waals surface area contributed by atoms with Crippen LogP contribution in [-0.4, -0.2) is 26.5 Å². The molecule has 5 heteroatoms. The molecule has 0 aromatic carbocycles. The summed E-state index contributed by atoms with van der Waals surface area (Å²) < 4.78 is 0. The number of anilines is 1. The molecule has 0 N–H and O–H groups in total. The topological polar surface area (TPSA) is 54.8 Å². The lowest BCUT2D eigenvalue weighted by Gasteiger charge is -2.25. The molecule has 1 aliphatic rings. The van der Waals surface area contributed by atoms with Crippen molar-refractivity contribution < 1.29 is 0 Å². The van der Waals surface area contributed by atoms with Crippen molar-refractivity contribution in [2.45, 2.75) is 39.7 Å². The minimum atomic E-state index is 0.225. The summed E-state index contributed by atoms with van der Waals surface area (Å²) in [6.07, 6.45) is 3.85. The van der Waals surface area contributed by atoms with E-state index < -0.39 is 0 Å². The van der Waals surface area contributed by atoms with Gasteiger partial charge in [0.25, 0.3) is 0 Å². The molecule has 0 amide bonds. The molecule has 3 heterocycles. The Hall–Kier alpha value is -2.04. The molecule has 2 aromatic heterocycles. The lowest BCUT2D eigenvalue weighted by atomic mass is 10.2. The summed E-state index contributed by atoms with van der Waals surface area (Å²) in [7, 11) is 0. The van der Waals surface area contributed by atoms with Crippen LogP contribution >= 0.6 is 0 Å². The molecule has 1 aliphatic heterocycles. The molecule has 104 valence electrons. The van der Waals surface area contributed by atoms with E-state index in [1.54, 1.807) is 6.33 Å². The molecule has 0 unspecified atom stereocenters. The van der Waals surface area contributed by atoms with Gasteiger partial charge in [0.15, 0.2) is 5.82 Å². The van der Waals surface area contributed by atoms with E-state index in [-0.39, 0.29) is 6.04 Å². The van der Waals surface area contributed by atoms with Crippen molar-refractivity contribution in [1.82, 2.24) is 19.9 Å². The van der Waals surface area contributed by atoms with Crippen LogP contribution in [-0.2, 0) is 0 Å². The molecular weight excluding hydrogens is 250 g/mol. The predicted molar refractivity (Wildman–Crippen MR) is 77.6 cm³/mol. The molecule has 0 saturated carbocycles. The van der Waals surface area contributed by atoms with Crippen molar-refractivity contribution in [3.63, 3.8) is 0 Å². The highest BCUT2D eigenvalue weighted by molar-refractivity contribution is 5.42. The van der Waals surface area contributed by atoms with Gasteiger partial charge in [-0.2, -0.15) is 0 Å². The Labute approximate surface area is 119 Å². The lowest BCUT2D eigenvalue weighted by Crippen LogP contribution is -2.25. The summed E-state index contributed by atoms with van der Waals surface area (Å²) in [4.78, 5) is 20.1. The lowest BCUT2D eigenvalue weighted by molar-refractivity contribution is 0.652. The second kappa shape index (κ2) is 5.15. The van der Waals surface area contributed by atoms with Crippen molar-refractivity contribution in [2.75, 3.05) is 11.4 Å². The Bertz CT molecular complexity index is 605. The Kier molecular flexibility index (Phi) is 3.34. The largest absolute Gasteiger partial charge is 0.346 e. The molecule has 2 aromatic rings. The molecule has 5 nitrogen and oxygen atoms in total. The molecule has 0 radical (unpaired) electrons. The smallest absolute Gasteiger partial charge is 0.151 e. The molecule has 1 atom stereocenters. The van der Waals surface area contributed by atoms with Crippen molar-refractivity contribution >= 4 is 5.82 Å². The third kappa shape index (κ3) is 2.48. The minimum absolute atomic E-state index is 0.225. The maximum atomic E-state index is 4.62. The predicted octanol–water partition coefficient (Wildman–Crippen LogP) is 2.53. The van der Waals surface area contributed by atoms with Gasteiger partial charge in [0.1, 0.15) is 12.1 Å². The Morgan fingerprint density at radius 3 is 2.45 bits per heavy atom. The third-order valence-electron chi connectivity index (χ3n) is 3.63. The van der Waals surface area contributed by atoms with Gasteiger partial charge >= 0.3 is 0 Å². The van der Waals surface area contributed by atoms with Crippen LogP contribution in [0.1, 0.15) is 41.8 Å². The Balaban J connectivity index is 1.96. The summed E-state index contributed by atoms with van der Waals surface area (Å²) in [5.74, 6) is 1.89. The number of aryl methyl sites for hydroxylation is 3. The maximum absolute atomic E-state index is 4.62. The highest BCUT2D eigenvalue weighted by Gasteiger charge is 2.29. The fourth-order valence-electron chi connectivity index (χ4n) is 2.81. The van der Waals surface area contributed by atoms with E-state index in [1.165, 1.54) is 0 Å². The summed E-state index contributed by atoms with van der Waals surface area (Å²) in [6.45, 7) is 7.03. The van der Waals surface area contributed by atoms with E-state index in [9.17, 15) is 0 Å². The van der Waals surface area contributed by atoms with Crippen LogP contribution in [0.15, 0.2) is 18.5 Å². The highest BCUT2D eigenvalue weighted by atomic mass is 15.3. The molecule has 0 aliphatic carbocycles. The van der Waals surface area contributed by atoms with Crippen LogP contribution in [0.2, 0.25) is 0 Å². The maximum Gasteiger partial charge on any atom is 0.151 e.